The third kappa shape index (κ3) is 4.88. The van der Waals surface area contributed by atoms with E-state index in [9.17, 15) is 14.9 Å². The highest BCUT2D eigenvalue weighted by Crippen LogP contribution is 2.12. The molecule has 0 aliphatic heterocycles. The summed E-state index contributed by atoms with van der Waals surface area (Å²) in [6.45, 7) is 3.17. The number of ether oxygens (including phenoxy) is 1. The van der Waals surface area contributed by atoms with Crippen LogP contribution in [-0.4, -0.2) is 39.2 Å². The van der Waals surface area contributed by atoms with Crippen LogP contribution in [0.3, 0.4) is 0 Å². The summed E-state index contributed by atoms with van der Waals surface area (Å²) in [5.74, 6) is -0.608. The Kier molecular flexibility index (Phi) is 6.02. The van der Waals surface area contributed by atoms with Crippen LogP contribution >= 0.6 is 0 Å². The predicted octanol–water partition coefficient (Wildman–Crippen LogP) is 2.06. The number of hydrogen-bond acceptors (Lipinski definition) is 6. The van der Waals surface area contributed by atoms with Crippen LogP contribution in [0.5, 0.6) is 0 Å². The highest BCUT2D eigenvalue weighted by atomic mass is 16.6. The monoisotopic (exact) mass is 332 g/mol. The van der Waals surface area contributed by atoms with Crippen LogP contribution in [-0.2, 0) is 22.7 Å². The van der Waals surface area contributed by atoms with Crippen LogP contribution in [0.1, 0.15) is 12.5 Å². The smallest absolute Gasteiger partial charge is 0.309 e. The van der Waals surface area contributed by atoms with E-state index >= 15 is 0 Å². The molecule has 0 aliphatic rings. The summed E-state index contributed by atoms with van der Waals surface area (Å²) in [4.78, 5) is 24.0. The van der Waals surface area contributed by atoms with E-state index in [-0.39, 0.29) is 17.6 Å². The molecule has 128 valence electrons. The van der Waals surface area contributed by atoms with Crippen LogP contribution in [0.25, 0.3) is 0 Å². The first-order valence-electron chi connectivity index (χ1n) is 7.50. The molecule has 0 spiro atoms. The lowest BCUT2D eigenvalue weighted by molar-refractivity contribution is -0.385. The van der Waals surface area contributed by atoms with Crippen molar-refractivity contribution in [2.45, 2.75) is 20.1 Å². The summed E-state index contributed by atoms with van der Waals surface area (Å²) in [7, 11) is 1.36. The number of carbonyl (C=O) groups excluding carboxylic acids is 1. The van der Waals surface area contributed by atoms with Crippen molar-refractivity contribution in [1.29, 1.82) is 0 Å². The minimum atomic E-state index is -0.484. The molecule has 24 heavy (non-hydrogen) atoms. The minimum absolute atomic E-state index is 0.0596. The molecule has 0 radical (unpaired) electrons. The van der Waals surface area contributed by atoms with Gasteiger partial charge < -0.3 is 4.74 Å². The van der Waals surface area contributed by atoms with E-state index in [0.29, 0.717) is 19.8 Å². The maximum absolute atomic E-state index is 11.7. The third-order valence-electron chi connectivity index (χ3n) is 3.56. The minimum Gasteiger partial charge on any atom is -0.469 e. The molecule has 0 saturated carbocycles. The molecular weight excluding hydrogens is 312 g/mol. The summed E-state index contributed by atoms with van der Waals surface area (Å²) in [6.07, 6.45) is 2.59. The van der Waals surface area contributed by atoms with Crippen LogP contribution in [0.15, 0.2) is 42.7 Å². The number of hydrogen-bond donors (Lipinski definition) is 0. The summed E-state index contributed by atoms with van der Waals surface area (Å²) >= 11 is 0. The Morgan fingerprint density at radius 1 is 1.42 bits per heavy atom. The molecule has 1 atom stereocenters. The molecule has 0 aliphatic carbocycles. The number of nitrogens with zero attached hydrogens (tertiary/aromatic N) is 4. The molecule has 1 aromatic heterocycles. The van der Waals surface area contributed by atoms with Gasteiger partial charge in [0, 0.05) is 13.1 Å². The highest BCUT2D eigenvalue weighted by molar-refractivity contribution is 5.72. The van der Waals surface area contributed by atoms with Gasteiger partial charge in [0.25, 0.3) is 0 Å². The molecular formula is C16H20N4O4. The van der Waals surface area contributed by atoms with Crippen molar-refractivity contribution in [3.63, 3.8) is 0 Å². The zero-order valence-electron chi connectivity index (χ0n) is 13.7. The first-order valence-corrected chi connectivity index (χ1v) is 7.50. The van der Waals surface area contributed by atoms with E-state index in [2.05, 4.69) is 5.10 Å². The van der Waals surface area contributed by atoms with Gasteiger partial charge in [-0.25, -0.2) is 0 Å². The van der Waals surface area contributed by atoms with Gasteiger partial charge in [0.05, 0.1) is 24.6 Å². The van der Waals surface area contributed by atoms with Gasteiger partial charge >= 0.3 is 11.7 Å². The lowest BCUT2D eigenvalue weighted by Gasteiger charge is -2.24. The number of benzene rings is 1. The number of carbonyl (C=O) groups is 1. The SMILES string of the molecule is COC(=O)[C@@H](C)CN(Cc1ccccc1)Cn1cc([N+](=O)[O-])cn1. The summed E-state index contributed by atoms with van der Waals surface area (Å²) in [6, 6.07) is 9.79. The first-order chi connectivity index (χ1) is 11.5. The van der Waals surface area contributed by atoms with Crippen LogP contribution < -0.4 is 0 Å². The molecule has 0 saturated heterocycles. The fourth-order valence-corrected chi connectivity index (χ4v) is 2.41. The molecule has 8 nitrogen and oxygen atoms in total. The van der Waals surface area contributed by atoms with E-state index in [4.69, 9.17) is 4.74 Å². The van der Waals surface area contributed by atoms with Crippen LogP contribution in [0.2, 0.25) is 0 Å². The molecule has 0 bridgehead atoms. The molecule has 0 fully saturated rings. The van der Waals surface area contributed by atoms with Gasteiger partial charge in [-0.15, -0.1) is 0 Å². The fourth-order valence-electron chi connectivity index (χ4n) is 2.41. The Morgan fingerprint density at radius 3 is 2.71 bits per heavy atom. The molecule has 1 aromatic carbocycles. The van der Waals surface area contributed by atoms with Crippen molar-refractivity contribution in [1.82, 2.24) is 14.7 Å². The van der Waals surface area contributed by atoms with Crippen molar-refractivity contribution in [2.75, 3.05) is 13.7 Å². The zero-order valence-corrected chi connectivity index (χ0v) is 13.7. The topological polar surface area (TPSA) is 90.5 Å². The molecule has 0 unspecified atom stereocenters. The standard InChI is InChI=1S/C16H20N4O4/c1-13(16(21)24-2)9-18(10-14-6-4-3-5-7-14)12-19-11-15(8-17-19)20(22)23/h3-8,11,13H,9-10,12H2,1-2H3/t13-/m0/s1. The Hall–Kier alpha value is -2.74. The number of methoxy groups -OCH3 is 1. The van der Waals surface area contributed by atoms with Crippen LogP contribution in [0, 0.1) is 16.0 Å². The van der Waals surface area contributed by atoms with Gasteiger partial charge in [-0.05, 0) is 5.56 Å². The molecule has 2 aromatic rings. The molecule has 0 N–H and O–H groups in total. The molecule has 1 heterocycles. The van der Waals surface area contributed by atoms with E-state index in [1.54, 1.807) is 6.92 Å². The van der Waals surface area contributed by atoms with E-state index in [0.717, 1.165) is 5.56 Å². The van der Waals surface area contributed by atoms with Gasteiger partial charge in [-0.2, -0.15) is 5.10 Å². The largest absolute Gasteiger partial charge is 0.469 e. The van der Waals surface area contributed by atoms with Crippen molar-refractivity contribution >= 4 is 11.7 Å². The predicted molar refractivity (Wildman–Crippen MR) is 86.9 cm³/mol. The van der Waals surface area contributed by atoms with E-state index in [1.165, 1.54) is 24.2 Å². The Labute approximate surface area is 139 Å². The Bertz CT molecular complexity index is 686. The van der Waals surface area contributed by atoms with Crippen molar-refractivity contribution in [3.8, 4) is 0 Å². The third-order valence-corrected chi connectivity index (χ3v) is 3.56. The average molecular weight is 332 g/mol. The van der Waals surface area contributed by atoms with Crippen molar-refractivity contribution < 1.29 is 14.5 Å². The first kappa shape index (κ1) is 17.6. The fraction of sp³-hybridized carbons (Fsp3) is 0.375. The number of aromatic nitrogens is 2. The maximum Gasteiger partial charge on any atom is 0.309 e. The Morgan fingerprint density at radius 2 is 2.12 bits per heavy atom. The summed E-state index contributed by atoms with van der Waals surface area (Å²) in [5.41, 5.74) is 1.02. The quantitative estimate of drug-likeness (QED) is 0.417. The lowest BCUT2D eigenvalue weighted by atomic mass is 10.1. The zero-order chi connectivity index (χ0) is 17.5. The molecule has 0 amide bonds. The highest BCUT2D eigenvalue weighted by Gasteiger charge is 2.19. The number of nitro groups is 1. The van der Waals surface area contributed by atoms with Gasteiger partial charge in [0.2, 0.25) is 0 Å². The van der Waals surface area contributed by atoms with Crippen LogP contribution in [0.4, 0.5) is 5.69 Å². The van der Waals surface area contributed by atoms with Gasteiger partial charge in [-0.1, -0.05) is 37.3 Å². The lowest BCUT2D eigenvalue weighted by Crippen LogP contribution is -2.33. The Balaban J connectivity index is 2.11. The average Bonchev–Trinajstić information content (AvgIpc) is 3.03. The number of rotatable bonds is 8. The van der Waals surface area contributed by atoms with Gasteiger partial charge in [0.1, 0.15) is 12.4 Å². The maximum atomic E-state index is 11.7. The van der Waals surface area contributed by atoms with E-state index in [1.807, 2.05) is 35.2 Å². The second-order valence-electron chi connectivity index (χ2n) is 5.56. The summed E-state index contributed by atoms with van der Waals surface area (Å²) in [5, 5.41) is 14.8. The van der Waals surface area contributed by atoms with Crippen molar-refractivity contribution in [2.24, 2.45) is 5.92 Å². The van der Waals surface area contributed by atoms with Gasteiger partial charge in [-0.3, -0.25) is 24.5 Å². The van der Waals surface area contributed by atoms with Gasteiger partial charge in [0.15, 0.2) is 0 Å². The number of esters is 1. The second kappa shape index (κ2) is 8.21. The molecule has 8 heteroatoms. The normalized spacial score (nSPS) is 12.1. The van der Waals surface area contributed by atoms with Crippen molar-refractivity contribution in [3.05, 3.63) is 58.4 Å². The molecule has 2 rings (SSSR count). The summed E-state index contributed by atoms with van der Waals surface area (Å²) < 4.78 is 6.26. The van der Waals surface area contributed by atoms with E-state index < -0.39 is 4.92 Å². The second-order valence-corrected chi connectivity index (χ2v) is 5.56.